The lowest BCUT2D eigenvalue weighted by atomic mass is 9.76. The van der Waals surface area contributed by atoms with Crippen LogP contribution in [0.1, 0.15) is 30.9 Å². The van der Waals surface area contributed by atoms with Gasteiger partial charge in [0.25, 0.3) is 0 Å². The van der Waals surface area contributed by atoms with E-state index in [1.54, 1.807) is 0 Å². The van der Waals surface area contributed by atoms with E-state index >= 15 is 0 Å². The van der Waals surface area contributed by atoms with Gasteiger partial charge in [0.1, 0.15) is 0 Å². The van der Waals surface area contributed by atoms with Crippen LogP contribution in [-0.2, 0) is 0 Å². The average molecular weight is 231 g/mol. The molecule has 2 fully saturated rings. The van der Waals surface area contributed by atoms with Crippen molar-refractivity contribution < 1.29 is 0 Å². The van der Waals surface area contributed by atoms with Crippen molar-refractivity contribution in [2.75, 3.05) is 26.2 Å². The summed E-state index contributed by atoms with van der Waals surface area (Å²) >= 11 is 0. The Balaban J connectivity index is 1.80. The van der Waals surface area contributed by atoms with E-state index in [4.69, 9.17) is 0 Å². The number of nitrogens with zero attached hydrogens (tertiary/aromatic N) is 2. The standard InChI is InChI=1S/C14H21N3/c1-2-12(3-1)14(13-4-6-15-7-5-13)17-10-8-16-9-11-17/h4-7,12,14,16H,1-3,8-11H2/t14-/m0/s1. The molecule has 1 atom stereocenters. The van der Waals surface area contributed by atoms with E-state index in [0.29, 0.717) is 6.04 Å². The van der Waals surface area contributed by atoms with E-state index in [-0.39, 0.29) is 0 Å². The number of aromatic nitrogens is 1. The van der Waals surface area contributed by atoms with Crippen LogP contribution in [0.15, 0.2) is 24.5 Å². The van der Waals surface area contributed by atoms with Gasteiger partial charge in [-0.15, -0.1) is 0 Å². The van der Waals surface area contributed by atoms with E-state index < -0.39 is 0 Å². The van der Waals surface area contributed by atoms with Gasteiger partial charge >= 0.3 is 0 Å². The third-order valence-corrected chi connectivity index (χ3v) is 4.19. The van der Waals surface area contributed by atoms with E-state index in [0.717, 1.165) is 19.0 Å². The molecule has 1 aromatic heterocycles. The Morgan fingerprint density at radius 3 is 2.47 bits per heavy atom. The van der Waals surface area contributed by atoms with Crippen LogP contribution < -0.4 is 5.32 Å². The summed E-state index contributed by atoms with van der Waals surface area (Å²) < 4.78 is 0. The molecule has 92 valence electrons. The molecular weight excluding hydrogens is 210 g/mol. The van der Waals surface area contributed by atoms with Crippen LogP contribution in [0.5, 0.6) is 0 Å². The maximum Gasteiger partial charge on any atom is 0.0378 e. The van der Waals surface area contributed by atoms with Gasteiger partial charge in [0, 0.05) is 44.6 Å². The highest BCUT2D eigenvalue weighted by molar-refractivity contribution is 5.17. The molecule has 0 radical (unpaired) electrons. The zero-order valence-corrected chi connectivity index (χ0v) is 10.3. The predicted molar refractivity (Wildman–Crippen MR) is 68.8 cm³/mol. The van der Waals surface area contributed by atoms with Crippen LogP contribution in [0, 0.1) is 5.92 Å². The minimum atomic E-state index is 0.633. The normalized spacial score (nSPS) is 24.2. The molecule has 0 unspecified atom stereocenters. The summed E-state index contributed by atoms with van der Waals surface area (Å²) in [6.07, 6.45) is 8.08. The molecule has 2 aliphatic rings. The number of rotatable bonds is 3. The van der Waals surface area contributed by atoms with Gasteiger partial charge in [-0.3, -0.25) is 9.88 Å². The first-order chi connectivity index (χ1) is 8.45. The van der Waals surface area contributed by atoms with Crippen molar-refractivity contribution >= 4 is 0 Å². The van der Waals surface area contributed by atoms with E-state index in [2.05, 4.69) is 27.3 Å². The molecule has 1 saturated heterocycles. The molecule has 0 spiro atoms. The van der Waals surface area contributed by atoms with E-state index in [9.17, 15) is 0 Å². The lowest BCUT2D eigenvalue weighted by molar-refractivity contribution is 0.0836. The summed E-state index contributed by atoms with van der Waals surface area (Å²) in [4.78, 5) is 6.81. The van der Waals surface area contributed by atoms with Crippen molar-refractivity contribution in [2.24, 2.45) is 5.92 Å². The third-order valence-electron chi connectivity index (χ3n) is 4.19. The molecule has 3 heteroatoms. The molecule has 1 aromatic rings. The van der Waals surface area contributed by atoms with Gasteiger partial charge < -0.3 is 5.32 Å². The number of nitrogens with one attached hydrogen (secondary N) is 1. The van der Waals surface area contributed by atoms with Gasteiger partial charge in [0.2, 0.25) is 0 Å². The van der Waals surface area contributed by atoms with Gasteiger partial charge in [-0.2, -0.15) is 0 Å². The Morgan fingerprint density at radius 1 is 1.18 bits per heavy atom. The van der Waals surface area contributed by atoms with Crippen molar-refractivity contribution in [3.05, 3.63) is 30.1 Å². The fraction of sp³-hybridized carbons (Fsp3) is 0.643. The SMILES string of the molecule is c1cc([C@H](C2CCC2)N2CCNCC2)ccn1. The smallest absolute Gasteiger partial charge is 0.0378 e. The number of hydrogen-bond donors (Lipinski definition) is 1. The van der Waals surface area contributed by atoms with Gasteiger partial charge in [-0.05, 0) is 36.5 Å². The first-order valence-electron chi connectivity index (χ1n) is 6.80. The first-order valence-corrected chi connectivity index (χ1v) is 6.80. The summed E-state index contributed by atoms with van der Waals surface area (Å²) in [5, 5.41) is 3.44. The largest absolute Gasteiger partial charge is 0.314 e. The summed E-state index contributed by atoms with van der Waals surface area (Å²) in [6.45, 7) is 4.63. The highest BCUT2D eigenvalue weighted by Crippen LogP contribution is 2.41. The molecule has 3 nitrogen and oxygen atoms in total. The summed E-state index contributed by atoms with van der Waals surface area (Å²) in [7, 11) is 0. The van der Waals surface area contributed by atoms with Crippen molar-refractivity contribution in [1.82, 2.24) is 15.2 Å². The van der Waals surface area contributed by atoms with Gasteiger partial charge in [-0.1, -0.05) is 6.42 Å². The second-order valence-electron chi connectivity index (χ2n) is 5.20. The maximum atomic E-state index is 4.15. The summed E-state index contributed by atoms with van der Waals surface area (Å²) in [5.41, 5.74) is 1.46. The zero-order chi connectivity index (χ0) is 11.5. The molecular formula is C14H21N3. The summed E-state index contributed by atoms with van der Waals surface area (Å²) in [5.74, 6) is 0.871. The molecule has 1 aliphatic heterocycles. The monoisotopic (exact) mass is 231 g/mol. The van der Waals surface area contributed by atoms with Crippen molar-refractivity contribution in [3.63, 3.8) is 0 Å². The molecule has 0 amide bonds. The Bertz CT molecular complexity index is 342. The lowest BCUT2D eigenvalue weighted by Gasteiger charge is -2.43. The third kappa shape index (κ3) is 2.35. The average Bonchev–Trinajstić information content (AvgIpc) is 2.36. The fourth-order valence-electron chi connectivity index (χ4n) is 3.06. The van der Waals surface area contributed by atoms with Crippen LogP contribution >= 0.6 is 0 Å². The molecule has 0 aromatic carbocycles. The van der Waals surface area contributed by atoms with Crippen LogP contribution in [0.25, 0.3) is 0 Å². The number of hydrogen-bond acceptors (Lipinski definition) is 3. The second-order valence-corrected chi connectivity index (χ2v) is 5.20. The molecule has 2 heterocycles. The molecule has 3 rings (SSSR count). The minimum Gasteiger partial charge on any atom is -0.314 e. The van der Waals surface area contributed by atoms with Gasteiger partial charge in [0.15, 0.2) is 0 Å². The van der Waals surface area contributed by atoms with Crippen LogP contribution in [0.3, 0.4) is 0 Å². The molecule has 1 N–H and O–H groups in total. The van der Waals surface area contributed by atoms with Gasteiger partial charge in [0.05, 0.1) is 0 Å². The number of piperazine rings is 1. The maximum absolute atomic E-state index is 4.15. The second kappa shape index (κ2) is 5.15. The Kier molecular flexibility index (Phi) is 3.39. The zero-order valence-electron chi connectivity index (χ0n) is 10.3. The van der Waals surface area contributed by atoms with Crippen LogP contribution in [0.2, 0.25) is 0 Å². The first kappa shape index (κ1) is 11.2. The topological polar surface area (TPSA) is 28.2 Å². The predicted octanol–water partition coefficient (Wildman–Crippen LogP) is 1.83. The molecule has 0 bridgehead atoms. The molecule has 1 saturated carbocycles. The van der Waals surface area contributed by atoms with Gasteiger partial charge in [-0.25, -0.2) is 0 Å². The Hall–Kier alpha value is -0.930. The Labute approximate surface area is 103 Å². The summed E-state index contributed by atoms with van der Waals surface area (Å²) in [6, 6.07) is 5.03. The van der Waals surface area contributed by atoms with Crippen molar-refractivity contribution in [3.8, 4) is 0 Å². The fourth-order valence-corrected chi connectivity index (χ4v) is 3.06. The van der Waals surface area contributed by atoms with Crippen LogP contribution in [0.4, 0.5) is 0 Å². The lowest BCUT2D eigenvalue weighted by Crippen LogP contribution is -2.47. The minimum absolute atomic E-state index is 0.633. The molecule has 17 heavy (non-hydrogen) atoms. The van der Waals surface area contributed by atoms with E-state index in [1.807, 2.05) is 12.4 Å². The van der Waals surface area contributed by atoms with Crippen molar-refractivity contribution in [2.45, 2.75) is 25.3 Å². The highest BCUT2D eigenvalue weighted by Gasteiger charge is 2.33. The van der Waals surface area contributed by atoms with Crippen LogP contribution in [-0.4, -0.2) is 36.1 Å². The number of pyridine rings is 1. The quantitative estimate of drug-likeness (QED) is 0.860. The Morgan fingerprint density at radius 2 is 1.88 bits per heavy atom. The van der Waals surface area contributed by atoms with E-state index in [1.165, 1.54) is 37.9 Å². The molecule has 1 aliphatic carbocycles. The highest BCUT2D eigenvalue weighted by atomic mass is 15.2. The van der Waals surface area contributed by atoms with Crippen molar-refractivity contribution in [1.29, 1.82) is 0 Å².